The zero-order valence-electron chi connectivity index (χ0n) is 7.45. The van der Waals surface area contributed by atoms with Gasteiger partial charge in [0.2, 0.25) is 11.2 Å². The van der Waals surface area contributed by atoms with Gasteiger partial charge in [0.05, 0.1) is 5.33 Å². The van der Waals surface area contributed by atoms with Gasteiger partial charge in [0.1, 0.15) is 0 Å². The highest BCUT2D eigenvalue weighted by molar-refractivity contribution is 9.09. The van der Waals surface area contributed by atoms with Gasteiger partial charge in [0.15, 0.2) is 6.04 Å². The molecule has 0 aliphatic heterocycles. The van der Waals surface area contributed by atoms with E-state index in [4.69, 9.17) is 4.52 Å². The van der Waals surface area contributed by atoms with Gasteiger partial charge in [-0.2, -0.15) is 0 Å². The highest BCUT2D eigenvalue weighted by Crippen LogP contribution is 2.02. The molecule has 1 amide bonds. The van der Waals surface area contributed by atoms with E-state index in [2.05, 4.69) is 26.5 Å². The highest BCUT2D eigenvalue weighted by atomic mass is 79.9. The third-order valence-electron chi connectivity index (χ3n) is 1.40. The van der Waals surface area contributed by atoms with Crippen LogP contribution in [0.15, 0.2) is 10.7 Å². The van der Waals surface area contributed by atoms with Crippen LogP contribution in [0, 0.1) is 0 Å². The van der Waals surface area contributed by atoms with Crippen molar-refractivity contribution in [2.24, 2.45) is 0 Å². The van der Waals surface area contributed by atoms with Crippen LogP contribution in [0.25, 0.3) is 0 Å². The van der Waals surface area contributed by atoms with Crippen molar-refractivity contribution >= 4 is 27.7 Å². The molecule has 0 spiro atoms. The van der Waals surface area contributed by atoms with Gasteiger partial charge < -0.3 is 0 Å². The van der Waals surface area contributed by atoms with Crippen LogP contribution in [-0.4, -0.2) is 16.5 Å². The van der Waals surface area contributed by atoms with E-state index in [-0.39, 0.29) is 17.3 Å². The number of carbonyl (C=O) groups is 1. The highest BCUT2D eigenvalue weighted by Gasteiger charge is 2.15. The van der Waals surface area contributed by atoms with E-state index in [0.717, 1.165) is 0 Å². The summed E-state index contributed by atoms with van der Waals surface area (Å²) in [5.74, 6) is 0.199. The molecule has 6 heteroatoms. The Morgan fingerprint density at radius 3 is 3.00 bits per heavy atom. The molecule has 0 aliphatic carbocycles. The number of carbonyl (C=O) groups excluding carboxylic acids is 1. The van der Waals surface area contributed by atoms with Crippen LogP contribution in [0.2, 0.25) is 0 Å². The Morgan fingerprint density at radius 1 is 1.85 bits per heavy atom. The summed E-state index contributed by atoms with van der Waals surface area (Å²) < 4.78 is 6.49. The van der Waals surface area contributed by atoms with Gasteiger partial charge in [-0.05, 0) is 18.5 Å². The summed E-state index contributed by atoms with van der Waals surface area (Å²) in [6, 6.07) is 0.221. The molecule has 0 fully saturated rings. The minimum Gasteiger partial charge on any atom is -0.288 e. The van der Waals surface area contributed by atoms with Gasteiger partial charge in [-0.15, -0.1) is 0 Å². The molecule has 0 aliphatic rings. The Labute approximate surface area is 84.2 Å². The number of halogens is 1. The van der Waals surface area contributed by atoms with Gasteiger partial charge in [-0.3, -0.25) is 14.6 Å². The number of hydrogen-bond donors (Lipinski definition) is 1. The predicted octanol–water partition coefficient (Wildman–Crippen LogP) is 0.876. The Bertz CT molecular complexity index is 298. The van der Waals surface area contributed by atoms with Crippen molar-refractivity contribution in [2.75, 3.05) is 10.6 Å². The van der Waals surface area contributed by atoms with Crippen molar-refractivity contribution in [3.63, 3.8) is 0 Å². The number of alkyl halides is 1. The summed E-state index contributed by atoms with van der Waals surface area (Å²) in [6.07, 6.45) is 1.64. The first-order valence-electron chi connectivity index (χ1n) is 3.87. The second kappa shape index (κ2) is 4.36. The number of nitrogens with zero attached hydrogens (tertiary/aromatic N) is 2. The third kappa shape index (κ3) is 2.80. The molecule has 1 N–H and O–H groups in total. The molecule has 0 atom stereocenters. The molecule has 0 saturated heterocycles. The lowest BCUT2D eigenvalue weighted by molar-refractivity contribution is -0.779. The quantitative estimate of drug-likeness (QED) is 0.638. The Balaban J connectivity index is 2.64. The molecular weight excluding hydrogens is 238 g/mol. The second-order valence-corrected chi connectivity index (χ2v) is 3.38. The zero-order valence-corrected chi connectivity index (χ0v) is 9.04. The molecule has 1 aromatic heterocycles. The molecule has 0 aromatic carbocycles. The standard InChI is InChI=1S/C7H10BrN3O2/c1-5(2)11-4-7(13-10-11)9-6(12)3-8/h4-5H,3H2,1-2H3/p+1. The van der Waals surface area contributed by atoms with Crippen molar-refractivity contribution in [2.45, 2.75) is 19.9 Å². The molecule has 1 aromatic rings. The molecule has 0 radical (unpaired) electrons. The van der Waals surface area contributed by atoms with Crippen LogP contribution in [0.3, 0.4) is 0 Å². The topological polar surface area (TPSA) is 59.0 Å². The molecule has 13 heavy (non-hydrogen) atoms. The summed E-state index contributed by atoms with van der Waals surface area (Å²) in [5, 5.41) is 6.49. The van der Waals surface area contributed by atoms with Crippen LogP contribution in [0.5, 0.6) is 0 Å². The molecule has 5 nitrogen and oxygen atoms in total. The van der Waals surface area contributed by atoms with E-state index in [0.29, 0.717) is 5.88 Å². The summed E-state index contributed by atoms with van der Waals surface area (Å²) in [5.41, 5.74) is 0. The van der Waals surface area contributed by atoms with E-state index in [1.165, 1.54) is 0 Å². The van der Waals surface area contributed by atoms with Crippen molar-refractivity contribution in [1.29, 1.82) is 0 Å². The van der Waals surface area contributed by atoms with Gasteiger partial charge >= 0.3 is 5.88 Å². The monoisotopic (exact) mass is 248 g/mol. The predicted molar refractivity (Wildman–Crippen MR) is 49.5 cm³/mol. The van der Waals surface area contributed by atoms with Crippen molar-refractivity contribution in [3.05, 3.63) is 6.20 Å². The summed E-state index contributed by atoms with van der Waals surface area (Å²) >= 11 is 3.03. The fourth-order valence-electron chi connectivity index (χ4n) is 0.728. The molecular formula is C7H11BrN3O2+. The Hall–Kier alpha value is -0.910. The first-order chi connectivity index (χ1) is 6.13. The van der Waals surface area contributed by atoms with E-state index >= 15 is 0 Å². The van der Waals surface area contributed by atoms with E-state index in [9.17, 15) is 4.79 Å². The molecule has 0 unspecified atom stereocenters. The Morgan fingerprint density at radius 2 is 2.54 bits per heavy atom. The smallest absolute Gasteiger partial charge is 0.288 e. The van der Waals surface area contributed by atoms with Crippen LogP contribution in [0.4, 0.5) is 5.88 Å². The average Bonchev–Trinajstić information content (AvgIpc) is 2.52. The second-order valence-electron chi connectivity index (χ2n) is 2.82. The summed E-state index contributed by atoms with van der Waals surface area (Å²) in [7, 11) is 0. The largest absolute Gasteiger partial charge is 0.302 e. The first kappa shape index (κ1) is 10.2. The molecule has 0 bridgehead atoms. The SMILES string of the molecule is CC(C)[n+]1cc(NC(=O)CBr)on1. The van der Waals surface area contributed by atoms with Gasteiger partial charge in [0.25, 0.3) is 6.20 Å². The van der Waals surface area contributed by atoms with Crippen LogP contribution < -0.4 is 10.00 Å². The van der Waals surface area contributed by atoms with Gasteiger partial charge in [-0.25, -0.2) is 0 Å². The lowest BCUT2D eigenvalue weighted by atomic mass is 10.4. The van der Waals surface area contributed by atoms with E-state index in [1.807, 2.05) is 13.8 Å². The van der Waals surface area contributed by atoms with Crippen molar-refractivity contribution < 1.29 is 14.0 Å². The number of hydrogen-bond acceptors (Lipinski definition) is 3. The average molecular weight is 249 g/mol. The van der Waals surface area contributed by atoms with Crippen LogP contribution >= 0.6 is 15.9 Å². The molecule has 72 valence electrons. The first-order valence-corrected chi connectivity index (χ1v) is 4.99. The van der Waals surface area contributed by atoms with E-state index < -0.39 is 0 Å². The number of amides is 1. The maximum absolute atomic E-state index is 10.9. The zero-order chi connectivity index (χ0) is 9.84. The molecule has 1 rings (SSSR count). The van der Waals surface area contributed by atoms with Gasteiger partial charge in [0, 0.05) is 0 Å². The lowest BCUT2D eigenvalue weighted by Crippen LogP contribution is -2.36. The number of anilines is 1. The molecule has 0 saturated carbocycles. The summed E-state index contributed by atoms with van der Waals surface area (Å²) in [4.78, 5) is 10.9. The fourth-order valence-corrected chi connectivity index (χ4v) is 0.868. The van der Waals surface area contributed by atoms with Crippen LogP contribution in [-0.2, 0) is 4.79 Å². The lowest BCUT2D eigenvalue weighted by Gasteiger charge is -1.91. The van der Waals surface area contributed by atoms with Gasteiger partial charge in [-0.1, -0.05) is 15.9 Å². The maximum Gasteiger partial charge on any atom is 0.302 e. The van der Waals surface area contributed by atoms with E-state index in [1.54, 1.807) is 10.9 Å². The Kier molecular flexibility index (Phi) is 3.41. The summed E-state index contributed by atoms with van der Waals surface area (Å²) in [6.45, 7) is 3.94. The number of rotatable bonds is 3. The maximum atomic E-state index is 10.9. The minimum atomic E-state index is -0.160. The van der Waals surface area contributed by atoms with Crippen molar-refractivity contribution in [3.8, 4) is 0 Å². The number of aromatic nitrogens is 2. The third-order valence-corrected chi connectivity index (χ3v) is 1.91. The number of nitrogens with one attached hydrogen (secondary N) is 1. The van der Waals surface area contributed by atoms with Crippen LogP contribution in [0.1, 0.15) is 19.9 Å². The normalized spacial score (nSPS) is 10.5. The molecule has 1 heterocycles. The van der Waals surface area contributed by atoms with Crippen molar-refractivity contribution in [1.82, 2.24) is 5.27 Å². The minimum absolute atomic E-state index is 0.160. The fraction of sp³-hybridized carbons (Fsp3) is 0.571.